The summed E-state index contributed by atoms with van der Waals surface area (Å²) >= 11 is 0. The first-order chi connectivity index (χ1) is 12.6. The second-order valence-electron chi connectivity index (χ2n) is 9.17. The molecule has 158 valence electrons. The predicted octanol–water partition coefficient (Wildman–Crippen LogP) is 9.81. The maximum atomic E-state index is 2.59. The second kappa shape index (κ2) is 18.4. The maximum Gasteiger partial charge on any atom is -0.0386 e. The highest BCUT2D eigenvalue weighted by molar-refractivity contribution is 4.76. The zero-order chi connectivity index (χ0) is 19.6. The third-order valence-electron chi connectivity index (χ3n) is 7.22. The average molecular weight is 367 g/mol. The molecule has 0 N–H and O–H groups in total. The third kappa shape index (κ3) is 12.4. The smallest absolute Gasteiger partial charge is 0.0386 e. The molecule has 0 rings (SSSR count). The summed E-state index contributed by atoms with van der Waals surface area (Å²) in [7, 11) is 0. The Kier molecular flexibility index (Phi) is 18.4. The van der Waals surface area contributed by atoms with E-state index in [0.717, 1.165) is 23.7 Å². The largest absolute Gasteiger partial charge is 0.0654 e. The van der Waals surface area contributed by atoms with Crippen LogP contribution in [0.2, 0.25) is 0 Å². The molecule has 0 aromatic heterocycles. The molecule has 0 spiro atoms. The van der Waals surface area contributed by atoms with Crippen molar-refractivity contribution >= 4 is 0 Å². The van der Waals surface area contributed by atoms with Crippen LogP contribution in [0.3, 0.4) is 0 Å². The van der Waals surface area contributed by atoms with Crippen LogP contribution in [0, 0.1) is 23.7 Å². The van der Waals surface area contributed by atoms with Crippen molar-refractivity contribution in [1.82, 2.24) is 0 Å². The Morgan fingerprint density at radius 1 is 0.423 bits per heavy atom. The Morgan fingerprint density at radius 3 is 1.15 bits per heavy atom. The minimum absolute atomic E-state index is 0.898. The topological polar surface area (TPSA) is 0 Å². The molecular formula is C26H54. The highest BCUT2D eigenvalue weighted by Gasteiger charge is 2.26. The fourth-order valence-electron chi connectivity index (χ4n) is 4.93. The lowest BCUT2D eigenvalue weighted by Gasteiger charge is -2.34. The SMILES string of the molecule is CCCCCCCCC(CCCCCCCC)C(C)C(C)C(CC)CC. The highest BCUT2D eigenvalue weighted by Crippen LogP contribution is 2.36. The minimum atomic E-state index is 0.898. The lowest BCUT2D eigenvalue weighted by Crippen LogP contribution is -2.25. The van der Waals surface area contributed by atoms with Gasteiger partial charge in [-0.25, -0.2) is 0 Å². The van der Waals surface area contributed by atoms with Crippen LogP contribution in [0.15, 0.2) is 0 Å². The predicted molar refractivity (Wildman–Crippen MR) is 122 cm³/mol. The molecule has 0 aliphatic rings. The van der Waals surface area contributed by atoms with Crippen LogP contribution in [0.4, 0.5) is 0 Å². The van der Waals surface area contributed by atoms with Gasteiger partial charge in [0.1, 0.15) is 0 Å². The molecule has 0 bridgehead atoms. The van der Waals surface area contributed by atoms with Crippen LogP contribution < -0.4 is 0 Å². The number of rotatable bonds is 19. The molecule has 0 fully saturated rings. The molecule has 0 amide bonds. The molecular weight excluding hydrogens is 312 g/mol. The molecule has 0 saturated heterocycles. The Morgan fingerprint density at radius 2 is 0.769 bits per heavy atom. The maximum absolute atomic E-state index is 2.59. The lowest BCUT2D eigenvalue weighted by atomic mass is 9.72. The summed E-state index contributed by atoms with van der Waals surface area (Å²) in [6.07, 6.45) is 23.1. The Labute approximate surface area is 168 Å². The van der Waals surface area contributed by atoms with Gasteiger partial charge in [0.25, 0.3) is 0 Å². The highest BCUT2D eigenvalue weighted by atomic mass is 14.3. The van der Waals surface area contributed by atoms with Gasteiger partial charge < -0.3 is 0 Å². The van der Waals surface area contributed by atoms with Crippen LogP contribution in [0.1, 0.15) is 144 Å². The van der Waals surface area contributed by atoms with Gasteiger partial charge in [-0.3, -0.25) is 0 Å². The van der Waals surface area contributed by atoms with Crippen LogP contribution in [-0.4, -0.2) is 0 Å². The summed E-state index contributed by atoms with van der Waals surface area (Å²) in [4.78, 5) is 0. The first-order valence-corrected chi connectivity index (χ1v) is 12.6. The summed E-state index contributed by atoms with van der Waals surface area (Å²) in [6, 6.07) is 0. The summed E-state index contributed by atoms with van der Waals surface area (Å²) in [6.45, 7) is 14.6. The summed E-state index contributed by atoms with van der Waals surface area (Å²) in [5.74, 6) is 3.71. The number of hydrogen-bond donors (Lipinski definition) is 0. The van der Waals surface area contributed by atoms with Crippen molar-refractivity contribution in [2.75, 3.05) is 0 Å². The van der Waals surface area contributed by atoms with Crippen LogP contribution in [-0.2, 0) is 0 Å². The molecule has 0 aromatic carbocycles. The minimum Gasteiger partial charge on any atom is -0.0654 e. The van der Waals surface area contributed by atoms with Gasteiger partial charge >= 0.3 is 0 Å². The lowest BCUT2D eigenvalue weighted by molar-refractivity contribution is 0.163. The Balaban J connectivity index is 4.37. The van der Waals surface area contributed by atoms with Crippen LogP contribution in [0.25, 0.3) is 0 Å². The van der Waals surface area contributed by atoms with E-state index in [4.69, 9.17) is 0 Å². The molecule has 26 heavy (non-hydrogen) atoms. The van der Waals surface area contributed by atoms with E-state index in [2.05, 4.69) is 41.5 Å². The second-order valence-corrected chi connectivity index (χ2v) is 9.17. The van der Waals surface area contributed by atoms with E-state index in [1.165, 1.54) is 103 Å². The Hall–Kier alpha value is 0. The first kappa shape index (κ1) is 26.0. The van der Waals surface area contributed by atoms with Crippen LogP contribution >= 0.6 is 0 Å². The van der Waals surface area contributed by atoms with E-state index in [1.807, 2.05) is 0 Å². The van der Waals surface area contributed by atoms with Crippen molar-refractivity contribution in [3.63, 3.8) is 0 Å². The molecule has 0 saturated carbocycles. The van der Waals surface area contributed by atoms with Gasteiger partial charge in [-0.05, 0) is 23.7 Å². The van der Waals surface area contributed by atoms with Crippen molar-refractivity contribution in [3.05, 3.63) is 0 Å². The zero-order valence-corrected chi connectivity index (χ0v) is 19.6. The monoisotopic (exact) mass is 366 g/mol. The average Bonchev–Trinajstić information content (AvgIpc) is 2.65. The summed E-state index contributed by atoms with van der Waals surface area (Å²) in [5, 5.41) is 0. The molecule has 2 atom stereocenters. The summed E-state index contributed by atoms with van der Waals surface area (Å²) in [5.41, 5.74) is 0. The van der Waals surface area contributed by atoms with Gasteiger partial charge in [0.2, 0.25) is 0 Å². The van der Waals surface area contributed by atoms with E-state index in [1.54, 1.807) is 0 Å². The van der Waals surface area contributed by atoms with Crippen molar-refractivity contribution < 1.29 is 0 Å². The molecule has 0 heteroatoms. The summed E-state index contributed by atoms with van der Waals surface area (Å²) < 4.78 is 0. The van der Waals surface area contributed by atoms with Crippen molar-refractivity contribution in [1.29, 1.82) is 0 Å². The normalized spacial score (nSPS) is 14.3. The Bertz CT molecular complexity index is 249. The molecule has 0 heterocycles. The molecule has 0 nitrogen and oxygen atoms in total. The van der Waals surface area contributed by atoms with E-state index in [9.17, 15) is 0 Å². The zero-order valence-electron chi connectivity index (χ0n) is 19.6. The molecule has 2 unspecified atom stereocenters. The van der Waals surface area contributed by atoms with E-state index >= 15 is 0 Å². The van der Waals surface area contributed by atoms with Gasteiger partial charge in [-0.1, -0.05) is 144 Å². The van der Waals surface area contributed by atoms with E-state index in [-0.39, 0.29) is 0 Å². The van der Waals surface area contributed by atoms with Crippen molar-refractivity contribution in [2.24, 2.45) is 23.7 Å². The van der Waals surface area contributed by atoms with Crippen LogP contribution in [0.5, 0.6) is 0 Å². The molecule has 0 aliphatic carbocycles. The quantitative estimate of drug-likeness (QED) is 0.199. The van der Waals surface area contributed by atoms with E-state index < -0.39 is 0 Å². The first-order valence-electron chi connectivity index (χ1n) is 12.6. The van der Waals surface area contributed by atoms with Gasteiger partial charge in [-0.2, -0.15) is 0 Å². The third-order valence-corrected chi connectivity index (χ3v) is 7.22. The van der Waals surface area contributed by atoms with Crippen molar-refractivity contribution in [2.45, 2.75) is 144 Å². The van der Waals surface area contributed by atoms with Crippen molar-refractivity contribution in [3.8, 4) is 0 Å². The van der Waals surface area contributed by atoms with Gasteiger partial charge in [-0.15, -0.1) is 0 Å². The van der Waals surface area contributed by atoms with Gasteiger partial charge in [0, 0.05) is 0 Å². The molecule has 0 aliphatic heterocycles. The molecule has 0 radical (unpaired) electrons. The fourth-order valence-corrected chi connectivity index (χ4v) is 4.93. The molecule has 0 aromatic rings. The fraction of sp³-hybridized carbons (Fsp3) is 1.00. The van der Waals surface area contributed by atoms with E-state index in [0.29, 0.717) is 0 Å². The number of unbranched alkanes of at least 4 members (excludes halogenated alkanes) is 10. The van der Waals surface area contributed by atoms with Gasteiger partial charge in [0.05, 0.1) is 0 Å². The number of hydrogen-bond acceptors (Lipinski definition) is 0. The standard InChI is InChI=1S/C26H54/c1-7-11-13-15-17-19-21-26(22-20-18-16-14-12-8-2)24(6)23(5)25(9-3)10-4/h23-26H,7-22H2,1-6H3. The van der Waals surface area contributed by atoms with Gasteiger partial charge in [0.15, 0.2) is 0 Å².